The van der Waals surface area contributed by atoms with Crippen molar-refractivity contribution in [3.63, 3.8) is 0 Å². The van der Waals surface area contributed by atoms with Crippen LogP contribution < -0.4 is 0 Å². The Labute approximate surface area is 105 Å². The van der Waals surface area contributed by atoms with Crippen LogP contribution in [0.1, 0.15) is 35.1 Å². The zero-order valence-electron chi connectivity index (χ0n) is 10.2. The molecule has 0 radical (unpaired) electrons. The van der Waals surface area contributed by atoms with Crippen LogP contribution in [0.4, 0.5) is 8.78 Å². The second-order valence-electron chi connectivity index (χ2n) is 4.91. The fraction of sp³-hybridized carbons (Fsp3) is 0.250. The minimum Gasteiger partial charge on any atom is -0.207 e. The minimum absolute atomic E-state index is 0.193. The standard InChI is InChI=1S/C16H14F2/c1-10-15-6-4-13(17)8-11(15)2-3-12-9-14(18)5-7-16(10)12/h4-10H,2-3H2,1H3. The van der Waals surface area contributed by atoms with E-state index in [0.29, 0.717) is 0 Å². The molecule has 2 aromatic rings. The maximum absolute atomic E-state index is 13.3. The molecule has 0 aromatic heterocycles. The minimum atomic E-state index is -0.196. The van der Waals surface area contributed by atoms with E-state index in [-0.39, 0.29) is 17.6 Å². The van der Waals surface area contributed by atoms with Crippen LogP contribution >= 0.6 is 0 Å². The molecule has 0 nitrogen and oxygen atoms in total. The fourth-order valence-electron chi connectivity index (χ4n) is 2.86. The van der Waals surface area contributed by atoms with E-state index in [9.17, 15) is 8.78 Å². The van der Waals surface area contributed by atoms with Gasteiger partial charge in [0.15, 0.2) is 0 Å². The molecule has 0 atom stereocenters. The summed E-state index contributed by atoms with van der Waals surface area (Å²) in [4.78, 5) is 0. The van der Waals surface area contributed by atoms with Crippen molar-refractivity contribution in [2.75, 3.05) is 0 Å². The van der Waals surface area contributed by atoms with Gasteiger partial charge in [-0.1, -0.05) is 19.1 Å². The van der Waals surface area contributed by atoms with Gasteiger partial charge in [-0.25, -0.2) is 8.78 Å². The number of halogens is 2. The number of benzene rings is 2. The van der Waals surface area contributed by atoms with Crippen molar-refractivity contribution in [2.45, 2.75) is 25.7 Å². The molecule has 0 spiro atoms. The van der Waals surface area contributed by atoms with E-state index in [4.69, 9.17) is 0 Å². The predicted molar refractivity (Wildman–Crippen MR) is 67.7 cm³/mol. The fourth-order valence-corrected chi connectivity index (χ4v) is 2.86. The molecule has 0 heterocycles. The van der Waals surface area contributed by atoms with Crippen LogP contribution in [0.2, 0.25) is 0 Å². The Morgan fingerprint density at radius 2 is 1.28 bits per heavy atom. The van der Waals surface area contributed by atoms with Gasteiger partial charge in [-0.05, 0) is 59.4 Å². The molecule has 0 unspecified atom stereocenters. The van der Waals surface area contributed by atoms with Gasteiger partial charge in [0, 0.05) is 5.92 Å². The predicted octanol–water partition coefficient (Wildman–Crippen LogP) is 4.22. The van der Waals surface area contributed by atoms with Crippen molar-refractivity contribution in [3.8, 4) is 0 Å². The first-order valence-corrected chi connectivity index (χ1v) is 6.22. The summed E-state index contributed by atoms with van der Waals surface area (Å²) < 4.78 is 26.6. The topological polar surface area (TPSA) is 0 Å². The van der Waals surface area contributed by atoms with Crippen molar-refractivity contribution < 1.29 is 8.78 Å². The van der Waals surface area contributed by atoms with Crippen LogP contribution in [0.25, 0.3) is 0 Å². The van der Waals surface area contributed by atoms with Gasteiger partial charge >= 0.3 is 0 Å². The molecule has 92 valence electrons. The van der Waals surface area contributed by atoms with Crippen molar-refractivity contribution in [2.24, 2.45) is 0 Å². The lowest BCUT2D eigenvalue weighted by Crippen LogP contribution is -2.00. The first kappa shape index (κ1) is 11.4. The van der Waals surface area contributed by atoms with Crippen molar-refractivity contribution in [1.82, 2.24) is 0 Å². The summed E-state index contributed by atoms with van der Waals surface area (Å²) in [6, 6.07) is 9.93. The second kappa shape index (κ2) is 4.20. The normalized spacial score (nSPS) is 14.8. The summed E-state index contributed by atoms with van der Waals surface area (Å²) in [5, 5.41) is 0. The Balaban J connectivity index is 2.15. The lowest BCUT2D eigenvalue weighted by Gasteiger charge is -2.15. The van der Waals surface area contributed by atoms with E-state index in [0.717, 1.165) is 35.1 Å². The summed E-state index contributed by atoms with van der Waals surface area (Å²) >= 11 is 0. The van der Waals surface area contributed by atoms with E-state index in [1.807, 2.05) is 12.1 Å². The Kier molecular flexibility index (Phi) is 2.66. The highest BCUT2D eigenvalue weighted by molar-refractivity contribution is 5.44. The first-order valence-electron chi connectivity index (χ1n) is 6.22. The van der Waals surface area contributed by atoms with Gasteiger partial charge in [-0.15, -0.1) is 0 Å². The monoisotopic (exact) mass is 244 g/mol. The summed E-state index contributed by atoms with van der Waals surface area (Å²) in [6.07, 6.45) is 1.54. The zero-order valence-corrected chi connectivity index (χ0v) is 10.2. The number of hydrogen-bond acceptors (Lipinski definition) is 0. The van der Waals surface area contributed by atoms with Crippen molar-refractivity contribution in [3.05, 3.63) is 70.3 Å². The Bertz CT molecular complexity index is 549. The van der Waals surface area contributed by atoms with E-state index in [1.165, 1.54) is 12.1 Å². The van der Waals surface area contributed by atoms with Gasteiger partial charge in [0.05, 0.1) is 0 Å². The number of rotatable bonds is 0. The SMILES string of the molecule is CC1c2ccc(F)cc2CCc2cc(F)ccc21. The van der Waals surface area contributed by atoms with E-state index >= 15 is 0 Å². The molecule has 0 aliphatic heterocycles. The zero-order chi connectivity index (χ0) is 12.7. The first-order chi connectivity index (χ1) is 8.65. The average Bonchev–Trinajstić information content (AvgIpc) is 2.47. The average molecular weight is 244 g/mol. The second-order valence-corrected chi connectivity index (χ2v) is 4.91. The molecule has 18 heavy (non-hydrogen) atoms. The lowest BCUT2D eigenvalue weighted by atomic mass is 9.90. The summed E-state index contributed by atoms with van der Waals surface area (Å²) in [7, 11) is 0. The molecule has 3 rings (SSSR count). The van der Waals surface area contributed by atoms with E-state index in [1.54, 1.807) is 12.1 Å². The molecular formula is C16H14F2. The Morgan fingerprint density at radius 1 is 0.833 bits per heavy atom. The third-order valence-corrected chi connectivity index (χ3v) is 3.81. The van der Waals surface area contributed by atoms with Gasteiger partial charge in [-0.2, -0.15) is 0 Å². The Morgan fingerprint density at radius 3 is 1.72 bits per heavy atom. The molecule has 2 heteroatoms. The number of fused-ring (bicyclic) bond motifs is 2. The van der Waals surface area contributed by atoms with Crippen molar-refractivity contribution >= 4 is 0 Å². The van der Waals surface area contributed by atoms with Crippen molar-refractivity contribution in [1.29, 1.82) is 0 Å². The summed E-state index contributed by atoms with van der Waals surface area (Å²) in [5.41, 5.74) is 4.39. The molecule has 0 fully saturated rings. The molecule has 0 N–H and O–H groups in total. The summed E-state index contributed by atoms with van der Waals surface area (Å²) in [6.45, 7) is 2.10. The smallest absolute Gasteiger partial charge is 0.123 e. The van der Waals surface area contributed by atoms with Gasteiger partial charge in [0.2, 0.25) is 0 Å². The van der Waals surface area contributed by atoms with Gasteiger partial charge in [0.25, 0.3) is 0 Å². The molecule has 0 saturated heterocycles. The number of aryl methyl sites for hydroxylation is 2. The van der Waals surface area contributed by atoms with Crippen LogP contribution in [-0.2, 0) is 12.8 Å². The van der Waals surface area contributed by atoms with E-state index in [2.05, 4.69) is 6.92 Å². The highest BCUT2D eigenvalue weighted by Gasteiger charge is 2.20. The van der Waals surface area contributed by atoms with Crippen LogP contribution in [0.5, 0.6) is 0 Å². The maximum atomic E-state index is 13.3. The van der Waals surface area contributed by atoms with Gasteiger partial charge in [0.1, 0.15) is 11.6 Å². The van der Waals surface area contributed by atoms with Crippen LogP contribution in [0.3, 0.4) is 0 Å². The van der Waals surface area contributed by atoms with Crippen LogP contribution in [0, 0.1) is 11.6 Å². The summed E-state index contributed by atoms with van der Waals surface area (Å²) in [5.74, 6) is -0.199. The van der Waals surface area contributed by atoms with Gasteiger partial charge < -0.3 is 0 Å². The van der Waals surface area contributed by atoms with E-state index < -0.39 is 0 Å². The quantitative estimate of drug-likeness (QED) is 0.651. The third kappa shape index (κ3) is 1.82. The molecule has 0 bridgehead atoms. The Hall–Kier alpha value is -1.70. The molecule has 1 aliphatic rings. The molecule has 2 aromatic carbocycles. The number of hydrogen-bond donors (Lipinski definition) is 0. The largest absolute Gasteiger partial charge is 0.207 e. The molecule has 1 aliphatic carbocycles. The third-order valence-electron chi connectivity index (χ3n) is 3.81. The highest BCUT2D eigenvalue weighted by atomic mass is 19.1. The molecule has 0 amide bonds. The van der Waals surface area contributed by atoms with Gasteiger partial charge in [-0.3, -0.25) is 0 Å². The lowest BCUT2D eigenvalue weighted by molar-refractivity contribution is 0.623. The van der Waals surface area contributed by atoms with Crippen LogP contribution in [0.15, 0.2) is 36.4 Å². The molecular weight excluding hydrogens is 230 g/mol. The highest BCUT2D eigenvalue weighted by Crippen LogP contribution is 2.34. The maximum Gasteiger partial charge on any atom is 0.123 e. The van der Waals surface area contributed by atoms with Crippen LogP contribution in [-0.4, -0.2) is 0 Å². The molecule has 0 saturated carbocycles.